The SMILES string of the molecule is CN(C)C1CC1n1ccc2ncncc21. The number of rotatable bonds is 2. The molecule has 0 bridgehead atoms. The van der Waals surface area contributed by atoms with E-state index in [0.717, 1.165) is 11.0 Å². The lowest BCUT2D eigenvalue weighted by molar-refractivity contribution is 0.377. The zero-order valence-corrected chi connectivity index (χ0v) is 8.96. The van der Waals surface area contributed by atoms with Gasteiger partial charge in [0.15, 0.2) is 0 Å². The molecule has 2 heterocycles. The molecule has 0 spiro atoms. The van der Waals surface area contributed by atoms with Crippen molar-refractivity contribution in [3.63, 3.8) is 0 Å². The molecule has 1 aliphatic rings. The minimum Gasteiger partial charge on any atom is -0.340 e. The van der Waals surface area contributed by atoms with Gasteiger partial charge < -0.3 is 9.47 Å². The average molecular weight is 202 g/mol. The largest absolute Gasteiger partial charge is 0.340 e. The molecular formula is C11H14N4. The van der Waals surface area contributed by atoms with E-state index >= 15 is 0 Å². The molecule has 0 amide bonds. The van der Waals surface area contributed by atoms with Gasteiger partial charge in [-0.25, -0.2) is 9.97 Å². The Labute approximate surface area is 88.6 Å². The maximum Gasteiger partial charge on any atom is 0.116 e. The lowest BCUT2D eigenvalue weighted by atomic mass is 10.4. The third-order valence-corrected chi connectivity index (χ3v) is 3.14. The minimum absolute atomic E-state index is 0.600. The molecule has 2 atom stereocenters. The zero-order chi connectivity index (χ0) is 10.4. The van der Waals surface area contributed by atoms with E-state index in [2.05, 4.69) is 45.8 Å². The number of nitrogens with zero attached hydrogens (tertiary/aromatic N) is 4. The molecule has 15 heavy (non-hydrogen) atoms. The molecule has 0 aromatic carbocycles. The zero-order valence-electron chi connectivity index (χ0n) is 8.96. The molecule has 1 saturated carbocycles. The first-order valence-corrected chi connectivity index (χ1v) is 5.20. The summed E-state index contributed by atoms with van der Waals surface area (Å²) in [4.78, 5) is 10.6. The van der Waals surface area contributed by atoms with Crippen LogP contribution in [-0.4, -0.2) is 39.6 Å². The summed E-state index contributed by atoms with van der Waals surface area (Å²) in [5.41, 5.74) is 2.18. The van der Waals surface area contributed by atoms with Gasteiger partial charge in [-0.2, -0.15) is 0 Å². The van der Waals surface area contributed by atoms with E-state index in [1.54, 1.807) is 6.33 Å². The highest BCUT2D eigenvalue weighted by atomic mass is 15.2. The summed E-state index contributed by atoms with van der Waals surface area (Å²) in [5.74, 6) is 0. The Morgan fingerprint density at radius 2 is 2.33 bits per heavy atom. The first kappa shape index (κ1) is 8.85. The van der Waals surface area contributed by atoms with Crippen LogP contribution in [0.15, 0.2) is 24.8 Å². The van der Waals surface area contributed by atoms with Gasteiger partial charge >= 0.3 is 0 Å². The van der Waals surface area contributed by atoms with Crippen molar-refractivity contribution in [2.45, 2.75) is 18.5 Å². The third kappa shape index (κ3) is 1.33. The van der Waals surface area contributed by atoms with E-state index in [1.165, 1.54) is 6.42 Å². The van der Waals surface area contributed by atoms with Crippen LogP contribution in [0.2, 0.25) is 0 Å². The van der Waals surface area contributed by atoms with Crippen LogP contribution >= 0.6 is 0 Å². The Kier molecular flexibility index (Phi) is 1.79. The van der Waals surface area contributed by atoms with Crippen molar-refractivity contribution < 1.29 is 0 Å². The first-order valence-electron chi connectivity index (χ1n) is 5.20. The second kappa shape index (κ2) is 3.03. The summed E-state index contributed by atoms with van der Waals surface area (Å²) in [7, 11) is 4.26. The maximum absolute atomic E-state index is 4.24. The van der Waals surface area contributed by atoms with Gasteiger partial charge in [-0.15, -0.1) is 0 Å². The lowest BCUT2D eigenvalue weighted by Crippen LogP contribution is -2.17. The predicted molar refractivity (Wildman–Crippen MR) is 58.7 cm³/mol. The predicted octanol–water partition coefficient (Wildman–Crippen LogP) is 1.31. The summed E-state index contributed by atoms with van der Waals surface area (Å²) in [6.45, 7) is 0. The van der Waals surface area contributed by atoms with Gasteiger partial charge in [-0.3, -0.25) is 0 Å². The van der Waals surface area contributed by atoms with Crippen LogP contribution in [0.4, 0.5) is 0 Å². The van der Waals surface area contributed by atoms with E-state index in [1.807, 2.05) is 6.20 Å². The third-order valence-electron chi connectivity index (χ3n) is 3.14. The molecule has 2 unspecified atom stereocenters. The molecule has 0 radical (unpaired) electrons. The summed E-state index contributed by atoms with van der Waals surface area (Å²) in [6.07, 6.45) is 6.84. The Balaban J connectivity index is 2.00. The van der Waals surface area contributed by atoms with Crippen LogP contribution in [-0.2, 0) is 0 Å². The van der Waals surface area contributed by atoms with E-state index in [9.17, 15) is 0 Å². The van der Waals surface area contributed by atoms with Gasteiger partial charge in [0.05, 0.1) is 23.3 Å². The number of hydrogen-bond acceptors (Lipinski definition) is 3. The average Bonchev–Trinajstić information content (AvgIpc) is 2.92. The molecule has 0 aliphatic heterocycles. The van der Waals surface area contributed by atoms with Crippen LogP contribution in [0, 0.1) is 0 Å². The number of hydrogen-bond donors (Lipinski definition) is 0. The van der Waals surface area contributed by atoms with Crippen molar-refractivity contribution in [3.8, 4) is 0 Å². The fourth-order valence-electron chi connectivity index (χ4n) is 2.20. The second-order valence-electron chi connectivity index (χ2n) is 4.35. The molecule has 4 heteroatoms. The molecule has 2 aromatic rings. The number of likely N-dealkylation sites (N-methyl/N-ethyl adjacent to an activating group) is 1. The molecule has 0 N–H and O–H groups in total. The van der Waals surface area contributed by atoms with Crippen molar-refractivity contribution in [1.82, 2.24) is 19.4 Å². The molecule has 3 rings (SSSR count). The van der Waals surface area contributed by atoms with Crippen LogP contribution < -0.4 is 0 Å². The van der Waals surface area contributed by atoms with Crippen LogP contribution in [0.25, 0.3) is 11.0 Å². The molecule has 1 fully saturated rings. The van der Waals surface area contributed by atoms with Gasteiger partial charge in [0.1, 0.15) is 6.33 Å². The molecule has 1 aliphatic carbocycles. The van der Waals surface area contributed by atoms with Gasteiger partial charge in [0, 0.05) is 12.2 Å². The second-order valence-corrected chi connectivity index (χ2v) is 4.35. The Morgan fingerprint density at radius 3 is 3.07 bits per heavy atom. The summed E-state index contributed by atoms with van der Waals surface area (Å²) >= 11 is 0. The topological polar surface area (TPSA) is 34.0 Å². The minimum atomic E-state index is 0.600. The molecule has 78 valence electrons. The van der Waals surface area contributed by atoms with Crippen molar-refractivity contribution in [3.05, 3.63) is 24.8 Å². The molecule has 4 nitrogen and oxygen atoms in total. The molecular weight excluding hydrogens is 188 g/mol. The highest BCUT2D eigenvalue weighted by Gasteiger charge is 2.40. The smallest absolute Gasteiger partial charge is 0.116 e. The van der Waals surface area contributed by atoms with Gasteiger partial charge in [-0.1, -0.05) is 0 Å². The van der Waals surface area contributed by atoms with Crippen LogP contribution in [0.5, 0.6) is 0 Å². The first-order chi connectivity index (χ1) is 7.27. The van der Waals surface area contributed by atoms with E-state index in [-0.39, 0.29) is 0 Å². The fraction of sp³-hybridized carbons (Fsp3) is 0.455. The van der Waals surface area contributed by atoms with Gasteiger partial charge in [0.25, 0.3) is 0 Å². The standard InChI is InChI=1S/C11H14N4/c1-14(2)9-5-10(9)15-4-3-8-11(15)6-12-7-13-8/h3-4,6-7,9-10H,5H2,1-2H3. The van der Waals surface area contributed by atoms with Crippen LogP contribution in [0.3, 0.4) is 0 Å². The summed E-state index contributed by atoms with van der Waals surface area (Å²) in [6, 6.07) is 3.33. The van der Waals surface area contributed by atoms with E-state index in [0.29, 0.717) is 12.1 Å². The highest BCUT2D eigenvalue weighted by molar-refractivity contribution is 5.74. The lowest BCUT2D eigenvalue weighted by Gasteiger charge is -2.09. The molecule has 0 saturated heterocycles. The monoisotopic (exact) mass is 202 g/mol. The van der Waals surface area contributed by atoms with Crippen molar-refractivity contribution in [2.75, 3.05) is 14.1 Å². The Hall–Kier alpha value is -1.42. The summed E-state index contributed by atoms with van der Waals surface area (Å²) < 4.78 is 2.29. The Morgan fingerprint density at radius 1 is 1.47 bits per heavy atom. The molecule has 2 aromatic heterocycles. The fourth-order valence-corrected chi connectivity index (χ4v) is 2.20. The number of aromatic nitrogens is 3. The quantitative estimate of drug-likeness (QED) is 0.736. The summed E-state index contributed by atoms with van der Waals surface area (Å²) in [5, 5.41) is 0. The Bertz CT molecular complexity index is 488. The van der Waals surface area contributed by atoms with Crippen molar-refractivity contribution >= 4 is 11.0 Å². The van der Waals surface area contributed by atoms with Gasteiger partial charge in [0.2, 0.25) is 0 Å². The number of fused-ring (bicyclic) bond motifs is 1. The van der Waals surface area contributed by atoms with E-state index < -0.39 is 0 Å². The highest BCUT2D eigenvalue weighted by Crippen LogP contribution is 2.40. The van der Waals surface area contributed by atoms with Crippen molar-refractivity contribution in [1.29, 1.82) is 0 Å². The normalized spacial score (nSPS) is 25.0. The van der Waals surface area contributed by atoms with Crippen molar-refractivity contribution in [2.24, 2.45) is 0 Å². The maximum atomic E-state index is 4.24. The van der Waals surface area contributed by atoms with E-state index in [4.69, 9.17) is 0 Å². The van der Waals surface area contributed by atoms with Gasteiger partial charge in [-0.05, 0) is 26.6 Å². The van der Waals surface area contributed by atoms with Crippen LogP contribution in [0.1, 0.15) is 12.5 Å².